The van der Waals surface area contributed by atoms with Crippen LogP contribution >= 0.6 is 9.39 Å². The molecule has 0 N–H and O–H groups in total. The molecule has 2 aromatic carbocycles. The molecule has 1 nitrogen and oxygen atoms in total. The Balaban J connectivity index is 2.56. The molecule has 0 aliphatic rings. The molecule has 0 bridgehead atoms. The molecule has 0 fully saturated rings. The summed E-state index contributed by atoms with van der Waals surface area (Å²) in [4.78, 5) is 0. The van der Waals surface area contributed by atoms with E-state index < -0.39 is 29.3 Å². The van der Waals surface area contributed by atoms with Crippen LogP contribution in [-0.2, 0) is 0 Å². The highest BCUT2D eigenvalue weighted by Gasteiger charge is 2.20. The smallest absolute Gasteiger partial charge is 0.126 e. The van der Waals surface area contributed by atoms with E-state index in [1.54, 1.807) is 11.7 Å². The summed E-state index contributed by atoms with van der Waals surface area (Å²) in [5.74, 6) is -2.97. The predicted molar refractivity (Wildman–Crippen MR) is 72.0 cm³/mol. The fourth-order valence-corrected chi connectivity index (χ4v) is 2.47. The Morgan fingerprint density at radius 1 is 0.750 bits per heavy atom. The third-order valence-corrected chi connectivity index (χ3v) is 3.11. The van der Waals surface area contributed by atoms with Crippen molar-refractivity contribution in [2.45, 2.75) is 6.04 Å². The summed E-state index contributed by atoms with van der Waals surface area (Å²) in [6, 6.07) is 5.35. The Labute approximate surface area is 116 Å². The molecule has 0 aliphatic heterocycles. The molecule has 6 heteroatoms. The summed E-state index contributed by atoms with van der Waals surface area (Å²) in [5, 5.41) is 0. The van der Waals surface area contributed by atoms with E-state index in [2.05, 4.69) is 9.39 Å². The molecule has 1 atom stereocenters. The largest absolute Gasteiger partial charge is 0.279 e. The van der Waals surface area contributed by atoms with Crippen LogP contribution in [0.25, 0.3) is 0 Å². The van der Waals surface area contributed by atoms with Gasteiger partial charge in [-0.3, -0.25) is 4.67 Å². The van der Waals surface area contributed by atoms with Gasteiger partial charge in [0.25, 0.3) is 0 Å². The summed E-state index contributed by atoms with van der Waals surface area (Å²) < 4.78 is 54.8. The number of rotatable bonds is 3. The van der Waals surface area contributed by atoms with E-state index in [4.69, 9.17) is 0 Å². The highest BCUT2D eigenvalue weighted by Crippen LogP contribution is 2.31. The third-order valence-electron chi connectivity index (χ3n) is 2.81. The van der Waals surface area contributed by atoms with Gasteiger partial charge in [-0.25, -0.2) is 17.6 Å². The van der Waals surface area contributed by atoms with Crippen LogP contribution in [0.5, 0.6) is 0 Å². The maximum atomic E-state index is 13.3. The number of benzene rings is 2. The van der Waals surface area contributed by atoms with Crippen molar-refractivity contribution in [2.75, 3.05) is 7.05 Å². The topological polar surface area (TPSA) is 3.24 Å². The summed E-state index contributed by atoms with van der Waals surface area (Å²) in [6.07, 6.45) is 0. The van der Waals surface area contributed by atoms with E-state index >= 15 is 0 Å². The van der Waals surface area contributed by atoms with Gasteiger partial charge in [0.1, 0.15) is 23.3 Å². The third kappa shape index (κ3) is 3.35. The molecule has 2 aromatic rings. The molecule has 0 aliphatic carbocycles. The van der Waals surface area contributed by atoms with Crippen LogP contribution in [-0.4, -0.2) is 11.7 Å². The minimum Gasteiger partial charge on any atom is -0.279 e. The van der Waals surface area contributed by atoms with E-state index in [0.29, 0.717) is 0 Å². The number of hydrogen-bond acceptors (Lipinski definition) is 1. The zero-order chi connectivity index (χ0) is 14.9. The molecule has 0 saturated heterocycles. The second-order valence-electron chi connectivity index (χ2n) is 4.47. The standard InChI is InChI=1S/C14H12F4NP/c1-19(20)14(8-2-10(15)6-11(16)3-8)9-4-12(17)7-13(18)5-9/h2-7,14H,20H2,1H3. The van der Waals surface area contributed by atoms with Gasteiger partial charge in [-0.2, -0.15) is 0 Å². The first-order chi connectivity index (χ1) is 9.36. The number of hydrogen-bond donors (Lipinski definition) is 0. The molecule has 0 saturated carbocycles. The van der Waals surface area contributed by atoms with Crippen LogP contribution < -0.4 is 0 Å². The van der Waals surface area contributed by atoms with Gasteiger partial charge < -0.3 is 0 Å². The molecular formula is C14H12F4NP. The van der Waals surface area contributed by atoms with Gasteiger partial charge in [0, 0.05) is 12.1 Å². The quantitative estimate of drug-likeness (QED) is 0.610. The highest BCUT2D eigenvalue weighted by molar-refractivity contribution is 7.13. The van der Waals surface area contributed by atoms with Crippen molar-refractivity contribution in [3.8, 4) is 0 Å². The van der Waals surface area contributed by atoms with Crippen molar-refractivity contribution in [1.82, 2.24) is 4.67 Å². The molecule has 0 amide bonds. The molecule has 0 radical (unpaired) electrons. The monoisotopic (exact) mass is 301 g/mol. The average molecular weight is 301 g/mol. The summed E-state index contributed by atoms with van der Waals surface area (Å²) >= 11 is 0. The van der Waals surface area contributed by atoms with Gasteiger partial charge in [-0.15, -0.1) is 0 Å². The molecular weight excluding hydrogens is 289 g/mol. The Kier molecular flexibility index (Phi) is 4.41. The van der Waals surface area contributed by atoms with Crippen LogP contribution in [0.3, 0.4) is 0 Å². The lowest BCUT2D eigenvalue weighted by atomic mass is 9.98. The highest BCUT2D eigenvalue weighted by atomic mass is 31.0. The fourth-order valence-electron chi connectivity index (χ4n) is 2.13. The molecule has 1 unspecified atom stereocenters. The maximum absolute atomic E-state index is 13.3. The minimum atomic E-state index is -0.742. The van der Waals surface area contributed by atoms with Crippen LogP contribution in [0.1, 0.15) is 17.2 Å². The van der Waals surface area contributed by atoms with E-state index in [-0.39, 0.29) is 11.1 Å². The SMILES string of the molecule is CN(P)C(c1cc(F)cc(F)c1)c1cc(F)cc(F)c1. The van der Waals surface area contributed by atoms with Gasteiger partial charge in [0.15, 0.2) is 0 Å². The van der Waals surface area contributed by atoms with Gasteiger partial charge in [-0.05, 0) is 42.4 Å². The second kappa shape index (κ2) is 5.90. The fraction of sp³-hybridized carbons (Fsp3) is 0.143. The maximum Gasteiger partial charge on any atom is 0.126 e. The Morgan fingerprint density at radius 3 is 1.30 bits per heavy atom. The molecule has 0 aromatic heterocycles. The van der Waals surface area contributed by atoms with Crippen LogP contribution in [0.4, 0.5) is 17.6 Å². The van der Waals surface area contributed by atoms with Gasteiger partial charge in [-0.1, -0.05) is 9.39 Å². The lowest BCUT2D eigenvalue weighted by molar-refractivity contribution is 0.466. The first-order valence-electron chi connectivity index (χ1n) is 5.76. The predicted octanol–water partition coefficient (Wildman–Crippen LogP) is 4.05. The van der Waals surface area contributed by atoms with E-state index in [1.807, 2.05) is 0 Å². The summed E-state index contributed by atoms with van der Waals surface area (Å²) in [5.41, 5.74) is 0.537. The van der Waals surface area contributed by atoms with Crippen molar-refractivity contribution in [3.63, 3.8) is 0 Å². The van der Waals surface area contributed by atoms with Crippen molar-refractivity contribution in [3.05, 3.63) is 70.8 Å². The lowest BCUT2D eigenvalue weighted by Crippen LogP contribution is -2.16. The van der Waals surface area contributed by atoms with Crippen molar-refractivity contribution >= 4 is 9.39 Å². The van der Waals surface area contributed by atoms with E-state index in [9.17, 15) is 17.6 Å². The Bertz CT molecular complexity index is 539. The number of halogens is 4. The second-order valence-corrected chi connectivity index (χ2v) is 5.29. The molecule has 20 heavy (non-hydrogen) atoms. The van der Waals surface area contributed by atoms with Gasteiger partial charge in [0.2, 0.25) is 0 Å². The lowest BCUT2D eigenvalue weighted by Gasteiger charge is -2.25. The van der Waals surface area contributed by atoms with Crippen molar-refractivity contribution in [1.29, 1.82) is 0 Å². The van der Waals surface area contributed by atoms with Crippen molar-refractivity contribution in [2.24, 2.45) is 0 Å². The van der Waals surface area contributed by atoms with Crippen LogP contribution in [0.2, 0.25) is 0 Å². The molecule has 106 valence electrons. The van der Waals surface area contributed by atoms with Crippen LogP contribution in [0, 0.1) is 23.3 Å². The van der Waals surface area contributed by atoms with Crippen LogP contribution in [0.15, 0.2) is 36.4 Å². The summed E-state index contributed by atoms with van der Waals surface area (Å²) in [6.45, 7) is 0. The molecule has 2 rings (SSSR count). The van der Waals surface area contributed by atoms with E-state index in [1.165, 1.54) is 0 Å². The average Bonchev–Trinajstić information content (AvgIpc) is 2.25. The zero-order valence-corrected chi connectivity index (χ0v) is 11.7. The Morgan fingerprint density at radius 2 is 1.05 bits per heavy atom. The van der Waals surface area contributed by atoms with Gasteiger partial charge >= 0.3 is 0 Å². The number of nitrogens with zero attached hydrogens (tertiary/aromatic N) is 1. The molecule has 0 spiro atoms. The normalized spacial score (nSPS) is 11.4. The van der Waals surface area contributed by atoms with Gasteiger partial charge in [0.05, 0.1) is 6.04 Å². The first kappa shape index (κ1) is 14.9. The Hall–Kier alpha value is -1.45. The zero-order valence-electron chi connectivity index (χ0n) is 10.6. The van der Waals surface area contributed by atoms with Crippen molar-refractivity contribution < 1.29 is 17.6 Å². The minimum absolute atomic E-state index is 0.269. The van der Waals surface area contributed by atoms with E-state index in [0.717, 1.165) is 36.4 Å². The summed E-state index contributed by atoms with van der Waals surface area (Å²) in [7, 11) is 3.95. The first-order valence-corrected chi connectivity index (χ1v) is 6.28. The molecule has 0 heterocycles.